The van der Waals surface area contributed by atoms with Crippen LogP contribution in [0.25, 0.3) is 0 Å². The van der Waals surface area contributed by atoms with Crippen molar-refractivity contribution in [2.24, 2.45) is 0 Å². The molecule has 0 bridgehead atoms. The van der Waals surface area contributed by atoms with Crippen molar-refractivity contribution < 1.29 is 24.2 Å². The van der Waals surface area contributed by atoms with Crippen LogP contribution in [0.3, 0.4) is 0 Å². The van der Waals surface area contributed by atoms with Gasteiger partial charge in [-0.15, -0.1) is 0 Å². The molecule has 44 heavy (non-hydrogen) atoms. The van der Waals surface area contributed by atoms with Crippen LogP contribution in [-0.2, 0) is 20.7 Å². The minimum Gasteiger partial charge on any atom is -0.508 e. The van der Waals surface area contributed by atoms with Gasteiger partial charge in [-0.1, -0.05) is 88.3 Å². The number of hydrogen-bond acceptors (Lipinski definition) is 5. The number of phenolic OH excluding ortho intramolecular Hbond substituents is 1. The van der Waals surface area contributed by atoms with Crippen LogP contribution in [0.1, 0.15) is 114 Å². The normalized spacial score (nSPS) is 12.7. The SMILES string of the molecule is CCCCCCCCN(C(=O)C(Cc1ccc(O)cc1)NC(=O)OC(C)(C)C)C(C(=O)NCCCC)c1cc(C)ccc1C. The summed E-state index contributed by atoms with van der Waals surface area (Å²) in [6, 6.07) is 10.7. The third-order valence-corrected chi connectivity index (χ3v) is 7.52. The number of nitrogens with one attached hydrogen (secondary N) is 2. The number of phenols is 1. The van der Waals surface area contributed by atoms with Crippen LogP contribution in [0, 0.1) is 13.8 Å². The summed E-state index contributed by atoms with van der Waals surface area (Å²) in [5.41, 5.74) is 2.69. The van der Waals surface area contributed by atoms with E-state index >= 15 is 0 Å². The summed E-state index contributed by atoms with van der Waals surface area (Å²) in [6.45, 7) is 14.4. The minimum atomic E-state index is -0.995. The van der Waals surface area contributed by atoms with Crippen molar-refractivity contribution in [1.29, 1.82) is 0 Å². The molecule has 2 aromatic carbocycles. The average Bonchev–Trinajstić information content (AvgIpc) is 2.95. The number of benzene rings is 2. The molecule has 0 spiro atoms. The summed E-state index contributed by atoms with van der Waals surface area (Å²) >= 11 is 0. The number of ether oxygens (including phenoxy) is 1. The second-order valence-electron chi connectivity index (χ2n) is 12.8. The maximum Gasteiger partial charge on any atom is 0.408 e. The molecule has 0 aromatic heterocycles. The number of hydrogen-bond donors (Lipinski definition) is 3. The number of rotatable bonds is 17. The first kappa shape index (κ1) is 36.6. The lowest BCUT2D eigenvalue weighted by Crippen LogP contribution is -2.54. The molecule has 3 N–H and O–H groups in total. The number of aryl methyl sites for hydroxylation is 2. The van der Waals surface area contributed by atoms with Crippen LogP contribution < -0.4 is 10.6 Å². The van der Waals surface area contributed by atoms with Gasteiger partial charge in [0.1, 0.15) is 23.4 Å². The number of alkyl carbamates (subject to hydrolysis) is 1. The van der Waals surface area contributed by atoms with E-state index in [1.165, 1.54) is 6.42 Å². The van der Waals surface area contributed by atoms with Gasteiger partial charge in [0, 0.05) is 19.5 Å². The third kappa shape index (κ3) is 12.6. The first-order chi connectivity index (χ1) is 20.9. The fourth-order valence-corrected chi connectivity index (χ4v) is 5.14. The predicted molar refractivity (Wildman–Crippen MR) is 177 cm³/mol. The Hall–Kier alpha value is -3.55. The maximum atomic E-state index is 14.7. The number of carbonyl (C=O) groups excluding carboxylic acids is 3. The lowest BCUT2D eigenvalue weighted by Gasteiger charge is -2.35. The fraction of sp³-hybridized carbons (Fsp3) is 0.583. The Morgan fingerprint density at radius 1 is 0.886 bits per heavy atom. The molecule has 2 atom stereocenters. The van der Waals surface area contributed by atoms with Crippen molar-refractivity contribution in [3.63, 3.8) is 0 Å². The number of nitrogens with zero attached hydrogens (tertiary/aromatic N) is 1. The second kappa shape index (κ2) is 18.3. The zero-order chi connectivity index (χ0) is 32.7. The third-order valence-electron chi connectivity index (χ3n) is 7.52. The Morgan fingerprint density at radius 2 is 1.52 bits per heavy atom. The van der Waals surface area contributed by atoms with Crippen molar-refractivity contribution in [3.05, 3.63) is 64.7 Å². The quantitative estimate of drug-likeness (QED) is 0.163. The summed E-state index contributed by atoms with van der Waals surface area (Å²) in [6.07, 6.45) is 7.40. The van der Waals surface area contributed by atoms with E-state index in [4.69, 9.17) is 4.74 Å². The number of aromatic hydroxyl groups is 1. The van der Waals surface area contributed by atoms with Gasteiger partial charge in [-0.2, -0.15) is 0 Å². The van der Waals surface area contributed by atoms with E-state index in [0.29, 0.717) is 13.1 Å². The molecule has 0 saturated carbocycles. The summed E-state index contributed by atoms with van der Waals surface area (Å²) < 4.78 is 5.54. The maximum absolute atomic E-state index is 14.7. The zero-order valence-electron chi connectivity index (χ0n) is 28.0. The lowest BCUT2D eigenvalue weighted by molar-refractivity contribution is -0.142. The van der Waals surface area contributed by atoms with Gasteiger partial charge in [-0.25, -0.2) is 4.79 Å². The monoisotopic (exact) mass is 609 g/mol. The highest BCUT2D eigenvalue weighted by Crippen LogP contribution is 2.28. The molecule has 0 aliphatic carbocycles. The van der Waals surface area contributed by atoms with Crippen molar-refractivity contribution in [3.8, 4) is 5.75 Å². The van der Waals surface area contributed by atoms with E-state index in [0.717, 1.165) is 67.2 Å². The molecule has 0 fully saturated rings. The predicted octanol–water partition coefficient (Wildman–Crippen LogP) is 7.29. The highest BCUT2D eigenvalue weighted by Gasteiger charge is 2.37. The standard InChI is InChI=1S/C36H55N3O5/c1-8-10-12-13-14-15-23-39(32(33(41)37-22-11-9-2)30-24-26(3)16-17-27(30)4)34(42)31(38-35(43)44-36(5,6)7)25-28-18-20-29(40)21-19-28/h16-21,24,31-32,40H,8-15,22-23,25H2,1-7H3,(H,37,41)(H,38,43). The van der Waals surface area contributed by atoms with Gasteiger partial charge >= 0.3 is 6.09 Å². The van der Waals surface area contributed by atoms with E-state index in [2.05, 4.69) is 24.5 Å². The van der Waals surface area contributed by atoms with Crippen LogP contribution in [0.4, 0.5) is 4.79 Å². The Balaban J connectivity index is 2.57. The highest BCUT2D eigenvalue weighted by atomic mass is 16.6. The second-order valence-corrected chi connectivity index (χ2v) is 12.8. The van der Waals surface area contributed by atoms with Crippen molar-refractivity contribution in [2.45, 2.75) is 124 Å². The summed E-state index contributed by atoms with van der Waals surface area (Å²) in [7, 11) is 0. The lowest BCUT2D eigenvalue weighted by atomic mass is 9.95. The summed E-state index contributed by atoms with van der Waals surface area (Å²) in [5.74, 6) is -0.471. The fourth-order valence-electron chi connectivity index (χ4n) is 5.14. The molecule has 2 unspecified atom stereocenters. The van der Waals surface area contributed by atoms with E-state index < -0.39 is 23.8 Å². The molecule has 2 rings (SSSR count). The molecule has 0 aliphatic rings. The Bertz CT molecular complexity index is 1190. The topological polar surface area (TPSA) is 108 Å². The molecule has 244 valence electrons. The van der Waals surface area contributed by atoms with Gasteiger partial charge in [-0.3, -0.25) is 9.59 Å². The van der Waals surface area contributed by atoms with Gasteiger partial charge in [-0.05, 0) is 76.3 Å². The van der Waals surface area contributed by atoms with E-state index in [9.17, 15) is 19.5 Å². The largest absolute Gasteiger partial charge is 0.508 e. The van der Waals surface area contributed by atoms with Crippen molar-refractivity contribution >= 4 is 17.9 Å². The van der Waals surface area contributed by atoms with Crippen LogP contribution >= 0.6 is 0 Å². The molecular weight excluding hydrogens is 554 g/mol. The van der Waals surface area contributed by atoms with E-state index in [-0.39, 0.29) is 24.0 Å². The van der Waals surface area contributed by atoms with Crippen molar-refractivity contribution in [2.75, 3.05) is 13.1 Å². The van der Waals surface area contributed by atoms with E-state index in [1.54, 1.807) is 49.9 Å². The first-order valence-electron chi connectivity index (χ1n) is 16.3. The molecule has 3 amide bonds. The number of unbranched alkanes of at least 4 members (excludes halogenated alkanes) is 6. The smallest absolute Gasteiger partial charge is 0.408 e. The molecule has 2 aromatic rings. The molecule has 0 radical (unpaired) electrons. The summed E-state index contributed by atoms with van der Waals surface area (Å²) in [4.78, 5) is 43.3. The Morgan fingerprint density at radius 3 is 2.16 bits per heavy atom. The average molecular weight is 610 g/mol. The van der Waals surface area contributed by atoms with Crippen LogP contribution in [0.5, 0.6) is 5.75 Å². The number of carbonyl (C=O) groups is 3. The van der Waals surface area contributed by atoms with Crippen LogP contribution in [0.15, 0.2) is 42.5 Å². The minimum absolute atomic E-state index is 0.111. The molecule has 0 aliphatic heterocycles. The Labute approximate surface area is 264 Å². The Kier molecular flexibility index (Phi) is 15.2. The van der Waals surface area contributed by atoms with Gasteiger partial charge in [0.25, 0.3) is 0 Å². The molecule has 0 saturated heterocycles. The van der Waals surface area contributed by atoms with Crippen LogP contribution in [-0.4, -0.2) is 52.6 Å². The van der Waals surface area contributed by atoms with Gasteiger partial charge < -0.3 is 25.4 Å². The van der Waals surface area contributed by atoms with Crippen molar-refractivity contribution in [1.82, 2.24) is 15.5 Å². The van der Waals surface area contributed by atoms with Crippen LogP contribution in [0.2, 0.25) is 0 Å². The molecular formula is C36H55N3O5. The molecule has 8 heteroatoms. The van der Waals surface area contributed by atoms with Gasteiger partial charge in [0.15, 0.2) is 0 Å². The highest BCUT2D eigenvalue weighted by molar-refractivity contribution is 5.92. The van der Waals surface area contributed by atoms with E-state index in [1.807, 2.05) is 32.0 Å². The molecule has 8 nitrogen and oxygen atoms in total. The zero-order valence-corrected chi connectivity index (χ0v) is 28.0. The van der Waals surface area contributed by atoms with Gasteiger partial charge in [0.05, 0.1) is 0 Å². The number of amides is 3. The summed E-state index contributed by atoms with van der Waals surface area (Å²) in [5, 5.41) is 15.7. The molecule has 0 heterocycles. The van der Waals surface area contributed by atoms with Gasteiger partial charge in [0.2, 0.25) is 11.8 Å². The first-order valence-corrected chi connectivity index (χ1v) is 16.3.